The van der Waals surface area contributed by atoms with Crippen LogP contribution in [-0.2, 0) is 10.0 Å². The molecule has 136 valence electrons. The van der Waals surface area contributed by atoms with E-state index in [1.807, 2.05) is 18.2 Å². The Hall–Kier alpha value is -1.85. The molecule has 10 heteroatoms. The molecule has 0 atom stereocenters. The van der Waals surface area contributed by atoms with Crippen LogP contribution in [0, 0.1) is 0 Å². The van der Waals surface area contributed by atoms with Gasteiger partial charge >= 0.3 is 0 Å². The number of hydrogen-bond acceptors (Lipinski definition) is 7. The van der Waals surface area contributed by atoms with Crippen molar-refractivity contribution >= 4 is 48.9 Å². The number of sulfonamides is 1. The van der Waals surface area contributed by atoms with Crippen molar-refractivity contribution in [1.82, 2.24) is 14.7 Å². The summed E-state index contributed by atoms with van der Waals surface area (Å²) in [6, 6.07) is 12.0. The summed E-state index contributed by atoms with van der Waals surface area (Å²) in [7, 11) is -3.62. The Morgan fingerprint density at radius 3 is 2.54 bits per heavy atom. The maximum Gasteiger partial charge on any atom is 0.240 e. The number of aliphatic hydroxyl groups excluding tert-OH is 1. The first-order valence-electron chi connectivity index (χ1n) is 7.54. The summed E-state index contributed by atoms with van der Waals surface area (Å²) < 4.78 is 27.3. The van der Waals surface area contributed by atoms with Crippen LogP contribution in [0.2, 0.25) is 0 Å². The van der Waals surface area contributed by atoms with Crippen LogP contribution in [0.25, 0.3) is 10.6 Å². The molecule has 1 aromatic carbocycles. The third-order valence-electron chi connectivity index (χ3n) is 3.31. The molecule has 0 aliphatic carbocycles. The molecule has 0 bridgehead atoms. The largest absolute Gasteiger partial charge is 0.395 e. The standard InChI is InChI=1S/C16H15BrN4O3S2/c17-15-6-5-14(25-15)13-7-8-18-16(21-13)20-11-1-3-12(4-2-11)26(23,24)19-9-10-22/h1-8,19,22H,9-10H2,(H,18,20,21). The minimum absolute atomic E-state index is 0.0260. The summed E-state index contributed by atoms with van der Waals surface area (Å²) in [5.41, 5.74) is 1.46. The number of nitrogens with one attached hydrogen (secondary N) is 2. The minimum atomic E-state index is -3.62. The van der Waals surface area contributed by atoms with E-state index in [1.165, 1.54) is 12.1 Å². The van der Waals surface area contributed by atoms with E-state index in [0.717, 1.165) is 14.4 Å². The molecule has 26 heavy (non-hydrogen) atoms. The second kappa shape index (κ2) is 8.23. The maximum absolute atomic E-state index is 12.0. The Morgan fingerprint density at radius 1 is 1.12 bits per heavy atom. The van der Waals surface area contributed by atoms with Gasteiger partial charge in [-0.15, -0.1) is 11.3 Å². The van der Waals surface area contributed by atoms with Gasteiger partial charge in [-0.05, 0) is 58.4 Å². The lowest BCUT2D eigenvalue weighted by atomic mass is 10.3. The van der Waals surface area contributed by atoms with Crippen molar-refractivity contribution in [2.75, 3.05) is 18.5 Å². The topological polar surface area (TPSA) is 104 Å². The maximum atomic E-state index is 12.0. The summed E-state index contributed by atoms with van der Waals surface area (Å²) in [5, 5.41) is 11.8. The lowest BCUT2D eigenvalue weighted by Gasteiger charge is -2.08. The molecule has 0 saturated heterocycles. The fourth-order valence-electron chi connectivity index (χ4n) is 2.12. The van der Waals surface area contributed by atoms with E-state index in [9.17, 15) is 8.42 Å². The van der Waals surface area contributed by atoms with Gasteiger partial charge in [0, 0.05) is 18.4 Å². The van der Waals surface area contributed by atoms with Crippen molar-refractivity contribution in [2.45, 2.75) is 4.90 Å². The van der Waals surface area contributed by atoms with Gasteiger partial charge in [0.15, 0.2) is 0 Å². The van der Waals surface area contributed by atoms with Crippen LogP contribution < -0.4 is 10.0 Å². The van der Waals surface area contributed by atoms with Crippen LogP contribution in [0.15, 0.2) is 57.3 Å². The van der Waals surface area contributed by atoms with Gasteiger partial charge in [-0.25, -0.2) is 23.1 Å². The smallest absolute Gasteiger partial charge is 0.240 e. The number of anilines is 2. The van der Waals surface area contributed by atoms with Gasteiger partial charge in [0.25, 0.3) is 0 Å². The molecular weight excluding hydrogens is 440 g/mol. The summed E-state index contributed by atoms with van der Waals surface area (Å²) >= 11 is 5.01. The van der Waals surface area contributed by atoms with Crippen molar-refractivity contribution < 1.29 is 13.5 Å². The lowest BCUT2D eigenvalue weighted by molar-refractivity contribution is 0.301. The normalized spacial score (nSPS) is 11.5. The van der Waals surface area contributed by atoms with E-state index in [0.29, 0.717) is 11.6 Å². The Morgan fingerprint density at radius 2 is 1.88 bits per heavy atom. The highest BCUT2D eigenvalue weighted by atomic mass is 79.9. The van der Waals surface area contributed by atoms with E-state index in [4.69, 9.17) is 5.11 Å². The number of hydrogen-bond donors (Lipinski definition) is 3. The number of nitrogens with zero attached hydrogens (tertiary/aromatic N) is 2. The molecule has 2 aromatic heterocycles. The van der Waals surface area contributed by atoms with Crippen molar-refractivity contribution in [3.8, 4) is 10.6 Å². The fourth-order valence-corrected chi connectivity index (χ4v) is 4.49. The first-order chi connectivity index (χ1) is 12.5. The molecular formula is C16H15BrN4O3S2. The number of benzene rings is 1. The second-order valence-corrected chi connectivity index (χ2v) is 9.37. The van der Waals surface area contributed by atoms with Crippen molar-refractivity contribution in [3.63, 3.8) is 0 Å². The van der Waals surface area contributed by atoms with Crippen LogP contribution in [0.5, 0.6) is 0 Å². The van der Waals surface area contributed by atoms with Crippen molar-refractivity contribution in [2.24, 2.45) is 0 Å². The molecule has 3 rings (SSSR count). The van der Waals surface area contributed by atoms with Gasteiger partial charge in [0.05, 0.1) is 25.9 Å². The van der Waals surface area contributed by atoms with Gasteiger partial charge in [-0.3, -0.25) is 0 Å². The average molecular weight is 455 g/mol. The SMILES string of the molecule is O=S(=O)(NCCO)c1ccc(Nc2nccc(-c3ccc(Br)s3)n2)cc1. The van der Waals surface area contributed by atoms with Crippen molar-refractivity contribution in [3.05, 3.63) is 52.4 Å². The Balaban J connectivity index is 1.75. The number of aliphatic hydroxyl groups is 1. The summed E-state index contributed by atoms with van der Waals surface area (Å²) in [5.74, 6) is 0.418. The van der Waals surface area contributed by atoms with Crippen molar-refractivity contribution in [1.29, 1.82) is 0 Å². The summed E-state index contributed by atoms with van der Waals surface area (Å²) in [4.78, 5) is 9.80. The quantitative estimate of drug-likeness (QED) is 0.506. The Bertz CT molecular complexity index is 991. The predicted molar refractivity (Wildman–Crippen MR) is 105 cm³/mol. The van der Waals surface area contributed by atoms with E-state index in [-0.39, 0.29) is 18.0 Å². The van der Waals surface area contributed by atoms with Gasteiger partial charge in [-0.2, -0.15) is 0 Å². The van der Waals surface area contributed by atoms with Crippen LogP contribution in [0.1, 0.15) is 0 Å². The molecule has 3 N–H and O–H groups in total. The number of rotatable bonds is 7. The molecule has 2 heterocycles. The molecule has 0 amide bonds. The Labute approximate surface area is 163 Å². The molecule has 0 fully saturated rings. The molecule has 0 radical (unpaired) electrons. The van der Waals surface area contributed by atoms with Gasteiger partial charge in [-0.1, -0.05) is 0 Å². The van der Waals surface area contributed by atoms with E-state index in [1.54, 1.807) is 29.7 Å². The number of halogens is 1. The van der Waals surface area contributed by atoms with Gasteiger partial charge in [0.1, 0.15) is 0 Å². The van der Waals surface area contributed by atoms with Crippen LogP contribution in [-0.4, -0.2) is 36.6 Å². The first-order valence-corrected chi connectivity index (χ1v) is 10.6. The monoisotopic (exact) mass is 454 g/mol. The minimum Gasteiger partial charge on any atom is -0.395 e. The average Bonchev–Trinajstić information content (AvgIpc) is 3.07. The molecule has 0 unspecified atom stereocenters. The Kier molecular flexibility index (Phi) is 5.99. The van der Waals surface area contributed by atoms with Gasteiger partial charge in [0.2, 0.25) is 16.0 Å². The highest BCUT2D eigenvalue weighted by molar-refractivity contribution is 9.11. The predicted octanol–water partition coefficient (Wildman–Crippen LogP) is 2.98. The molecule has 0 spiro atoms. The molecule has 0 aliphatic rings. The highest BCUT2D eigenvalue weighted by Crippen LogP contribution is 2.30. The van der Waals surface area contributed by atoms with Gasteiger partial charge < -0.3 is 10.4 Å². The lowest BCUT2D eigenvalue weighted by Crippen LogP contribution is -2.26. The zero-order valence-corrected chi connectivity index (χ0v) is 16.6. The molecule has 7 nitrogen and oxygen atoms in total. The highest BCUT2D eigenvalue weighted by Gasteiger charge is 2.13. The summed E-state index contributed by atoms with van der Waals surface area (Å²) in [6.07, 6.45) is 1.66. The third-order valence-corrected chi connectivity index (χ3v) is 6.43. The summed E-state index contributed by atoms with van der Waals surface area (Å²) in [6.45, 7) is -0.283. The zero-order chi connectivity index (χ0) is 18.6. The molecule has 0 aliphatic heterocycles. The second-order valence-electron chi connectivity index (χ2n) is 5.14. The zero-order valence-electron chi connectivity index (χ0n) is 13.4. The third kappa shape index (κ3) is 4.65. The van der Waals surface area contributed by atoms with Crippen LogP contribution >= 0.6 is 27.3 Å². The molecule has 3 aromatic rings. The fraction of sp³-hybridized carbons (Fsp3) is 0.125. The first kappa shape index (κ1) is 18.9. The van der Waals surface area contributed by atoms with E-state index >= 15 is 0 Å². The number of thiophene rings is 1. The molecule has 0 saturated carbocycles. The van der Waals surface area contributed by atoms with E-state index in [2.05, 4.69) is 35.9 Å². The van der Waals surface area contributed by atoms with Crippen LogP contribution in [0.4, 0.5) is 11.6 Å². The van der Waals surface area contributed by atoms with Crippen LogP contribution in [0.3, 0.4) is 0 Å². The van der Waals surface area contributed by atoms with E-state index < -0.39 is 10.0 Å². The number of aromatic nitrogens is 2.